The molecule has 0 aliphatic carbocycles. The van der Waals surface area contributed by atoms with Crippen LogP contribution >= 0.6 is 11.6 Å². The molecule has 0 saturated carbocycles. The van der Waals surface area contributed by atoms with Crippen LogP contribution in [0.4, 0.5) is 0 Å². The van der Waals surface area contributed by atoms with Gasteiger partial charge in [-0.15, -0.1) is 0 Å². The van der Waals surface area contributed by atoms with E-state index in [0.29, 0.717) is 5.02 Å². The Morgan fingerprint density at radius 1 is 0.950 bits per heavy atom. The van der Waals surface area contributed by atoms with Crippen molar-refractivity contribution in [3.63, 3.8) is 0 Å². The molecule has 20 heavy (non-hydrogen) atoms. The lowest BCUT2D eigenvalue weighted by Gasteiger charge is -2.07. The van der Waals surface area contributed by atoms with Gasteiger partial charge < -0.3 is 0 Å². The molecule has 0 aliphatic heterocycles. The maximum absolute atomic E-state index is 12.7. The number of fused-ring (bicyclic) bond motifs is 2. The minimum absolute atomic E-state index is 0.0472. The number of benzene rings is 2. The number of rotatable bonds is 0. The monoisotopic (exact) mass is 281 g/mol. The lowest BCUT2D eigenvalue weighted by atomic mass is 10.0. The van der Waals surface area contributed by atoms with E-state index in [2.05, 4.69) is 0 Å². The quantitative estimate of drug-likeness (QED) is 0.440. The highest BCUT2D eigenvalue weighted by Crippen LogP contribution is 2.34. The molecule has 0 aliphatic rings. The Kier molecular flexibility index (Phi) is 2.19. The van der Waals surface area contributed by atoms with E-state index in [1.807, 2.05) is 54.6 Å². The zero-order valence-corrected chi connectivity index (χ0v) is 12.0. The molecule has 0 amide bonds. The molecule has 4 rings (SSSR count). The maximum Gasteiger partial charge on any atom is 0.263 e. The van der Waals surface area contributed by atoms with E-state index in [4.69, 9.17) is 11.6 Å². The Morgan fingerprint density at radius 2 is 1.60 bits per heavy atom. The van der Waals surface area contributed by atoms with Gasteiger partial charge in [-0.3, -0.25) is 9.20 Å². The van der Waals surface area contributed by atoms with Gasteiger partial charge in [0.25, 0.3) is 5.56 Å². The fraction of sp³-hybridized carbons (Fsp3) is 0.118. The summed E-state index contributed by atoms with van der Waals surface area (Å²) in [7, 11) is 0. The van der Waals surface area contributed by atoms with Crippen molar-refractivity contribution in [3.05, 3.63) is 63.0 Å². The van der Waals surface area contributed by atoms with Gasteiger partial charge in [0.1, 0.15) is 0 Å². The first-order chi connectivity index (χ1) is 9.59. The van der Waals surface area contributed by atoms with Gasteiger partial charge in [0, 0.05) is 26.9 Å². The molecule has 3 heteroatoms. The predicted molar refractivity (Wildman–Crippen MR) is 84.3 cm³/mol. The van der Waals surface area contributed by atoms with Crippen LogP contribution in [0.25, 0.3) is 27.1 Å². The van der Waals surface area contributed by atoms with Crippen molar-refractivity contribution in [2.75, 3.05) is 0 Å². The summed E-state index contributed by atoms with van der Waals surface area (Å²) >= 11 is 6.27. The van der Waals surface area contributed by atoms with E-state index in [9.17, 15) is 4.79 Å². The Morgan fingerprint density at radius 3 is 2.35 bits per heavy atom. The van der Waals surface area contributed by atoms with E-state index >= 15 is 0 Å². The van der Waals surface area contributed by atoms with E-state index < -0.39 is 0 Å². The maximum atomic E-state index is 12.7. The fourth-order valence-electron chi connectivity index (χ4n) is 3.14. The normalized spacial score (nSPS) is 11.9. The Bertz CT molecular complexity index is 1050. The zero-order chi connectivity index (χ0) is 14.0. The molecule has 2 heterocycles. The lowest BCUT2D eigenvalue weighted by Crippen LogP contribution is -2.14. The number of hydrogen-bond acceptors (Lipinski definition) is 1. The highest BCUT2D eigenvalue weighted by Gasteiger charge is 2.17. The van der Waals surface area contributed by atoms with Gasteiger partial charge >= 0.3 is 0 Å². The summed E-state index contributed by atoms with van der Waals surface area (Å²) in [6, 6.07) is 11.6. The van der Waals surface area contributed by atoms with Crippen molar-refractivity contribution in [3.8, 4) is 0 Å². The highest BCUT2D eigenvalue weighted by molar-refractivity contribution is 6.33. The van der Waals surface area contributed by atoms with Crippen molar-refractivity contribution in [1.29, 1.82) is 0 Å². The predicted octanol–water partition coefficient (Wildman–Crippen LogP) is 4.31. The van der Waals surface area contributed by atoms with Crippen molar-refractivity contribution in [2.45, 2.75) is 13.8 Å². The van der Waals surface area contributed by atoms with Gasteiger partial charge in [0.05, 0.1) is 5.52 Å². The van der Waals surface area contributed by atoms with Crippen LogP contribution in [0.1, 0.15) is 11.3 Å². The molecule has 0 fully saturated rings. The number of halogens is 1. The Hall–Kier alpha value is -2.06. The van der Waals surface area contributed by atoms with Gasteiger partial charge in [0.2, 0.25) is 0 Å². The highest BCUT2D eigenvalue weighted by atomic mass is 35.5. The lowest BCUT2D eigenvalue weighted by molar-refractivity contribution is 1.06. The van der Waals surface area contributed by atoms with Gasteiger partial charge in [-0.2, -0.15) is 0 Å². The molecular formula is C17H12ClNO. The van der Waals surface area contributed by atoms with E-state index in [1.54, 1.807) is 0 Å². The van der Waals surface area contributed by atoms with Crippen LogP contribution < -0.4 is 5.56 Å². The minimum atomic E-state index is 0.0472. The molecule has 0 spiro atoms. The first-order valence-electron chi connectivity index (χ1n) is 6.55. The smallest absolute Gasteiger partial charge is 0.263 e. The van der Waals surface area contributed by atoms with Crippen molar-refractivity contribution < 1.29 is 0 Å². The molecule has 2 nitrogen and oxygen atoms in total. The third-order valence-electron chi connectivity index (χ3n) is 4.23. The van der Waals surface area contributed by atoms with Crippen LogP contribution in [0.5, 0.6) is 0 Å². The van der Waals surface area contributed by atoms with Gasteiger partial charge in [0.15, 0.2) is 0 Å². The van der Waals surface area contributed by atoms with Crippen LogP contribution in [-0.4, -0.2) is 4.40 Å². The van der Waals surface area contributed by atoms with Gasteiger partial charge in [-0.25, -0.2) is 0 Å². The van der Waals surface area contributed by atoms with Crippen molar-refractivity contribution >= 4 is 38.7 Å². The Balaban J connectivity index is 2.53. The molecule has 0 saturated heterocycles. The van der Waals surface area contributed by atoms with Crippen LogP contribution in [0.3, 0.4) is 0 Å². The van der Waals surface area contributed by atoms with E-state index in [-0.39, 0.29) is 5.56 Å². The fourth-order valence-corrected chi connectivity index (χ4v) is 3.36. The molecule has 98 valence electrons. The minimum Gasteiger partial charge on any atom is -0.280 e. The molecule has 2 aromatic carbocycles. The summed E-state index contributed by atoms with van der Waals surface area (Å²) < 4.78 is 1.82. The average Bonchev–Trinajstić information content (AvgIpc) is 2.70. The summed E-state index contributed by atoms with van der Waals surface area (Å²) in [4.78, 5) is 12.7. The third-order valence-corrected chi connectivity index (χ3v) is 4.45. The molecule has 4 aromatic rings. The Labute approximate surface area is 120 Å². The van der Waals surface area contributed by atoms with Crippen LogP contribution in [-0.2, 0) is 0 Å². The summed E-state index contributed by atoms with van der Waals surface area (Å²) in [5.74, 6) is 0. The molecule has 0 N–H and O–H groups in total. The molecule has 0 radical (unpaired) electrons. The molecule has 0 bridgehead atoms. The SMILES string of the molecule is Cc1c(C)n2c(=O)c3ccccc3c3cc(Cl)cc1c32. The number of aryl methyl sites for hydroxylation is 2. The van der Waals surface area contributed by atoms with Crippen molar-refractivity contribution in [2.24, 2.45) is 0 Å². The average molecular weight is 282 g/mol. The second-order valence-electron chi connectivity index (χ2n) is 5.25. The van der Waals surface area contributed by atoms with E-state index in [1.165, 1.54) is 0 Å². The number of hydrogen-bond donors (Lipinski definition) is 0. The molecule has 0 unspecified atom stereocenters. The second-order valence-corrected chi connectivity index (χ2v) is 5.68. The van der Waals surface area contributed by atoms with Gasteiger partial charge in [-0.1, -0.05) is 29.8 Å². The molecular weight excluding hydrogens is 270 g/mol. The largest absolute Gasteiger partial charge is 0.280 e. The number of pyridine rings is 1. The number of aromatic nitrogens is 1. The topological polar surface area (TPSA) is 21.5 Å². The van der Waals surface area contributed by atoms with E-state index in [0.717, 1.165) is 38.3 Å². The summed E-state index contributed by atoms with van der Waals surface area (Å²) in [6.07, 6.45) is 0. The van der Waals surface area contributed by atoms with Crippen molar-refractivity contribution in [1.82, 2.24) is 4.40 Å². The first kappa shape index (κ1) is 11.7. The summed E-state index contributed by atoms with van der Waals surface area (Å²) in [6.45, 7) is 4.02. The second kappa shape index (κ2) is 3.74. The first-order valence-corrected chi connectivity index (χ1v) is 6.92. The van der Waals surface area contributed by atoms with Crippen LogP contribution in [0, 0.1) is 13.8 Å². The van der Waals surface area contributed by atoms with Crippen LogP contribution in [0.2, 0.25) is 5.02 Å². The molecule has 0 atom stereocenters. The third kappa shape index (κ3) is 1.27. The summed E-state index contributed by atoms with van der Waals surface area (Å²) in [5.41, 5.74) is 3.13. The number of nitrogens with zero attached hydrogens (tertiary/aromatic N) is 1. The van der Waals surface area contributed by atoms with Gasteiger partial charge in [-0.05, 0) is 43.0 Å². The standard InChI is InChI=1S/C17H12ClNO/c1-9-10(2)19-16-14(9)7-11(18)8-15(16)12-5-3-4-6-13(12)17(19)20/h3-8H,1-2H3. The summed E-state index contributed by atoms with van der Waals surface area (Å²) in [5, 5.41) is 4.51. The zero-order valence-electron chi connectivity index (χ0n) is 11.2. The molecule has 2 aromatic heterocycles. The van der Waals surface area contributed by atoms with Crippen LogP contribution in [0.15, 0.2) is 41.2 Å².